The van der Waals surface area contributed by atoms with Gasteiger partial charge < -0.3 is 15.4 Å². The van der Waals surface area contributed by atoms with E-state index in [9.17, 15) is 9.59 Å². The van der Waals surface area contributed by atoms with Gasteiger partial charge in [-0.15, -0.1) is 11.3 Å². The Balaban J connectivity index is 2.41. The molecule has 0 unspecified atom stereocenters. The molecule has 1 amide bonds. The molecule has 0 fully saturated rings. The summed E-state index contributed by atoms with van der Waals surface area (Å²) in [6.07, 6.45) is 0.153. The fourth-order valence-electron chi connectivity index (χ4n) is 1.45. The highest BCUT2D eigenvalue weighted by atomic mass is 32.1. The molecule has 0 spiro atoms. The smallest absolute Gasteiger partial charge is 0.311 e. The molecular formula is C13H21N3O3S. The predicted octanol–water partition coefficient (Wildman–Crippen LogP) is 1.58. The maximum absolute atomic E-state index is 11.6. The lowest BCUT2D eigenvalue weighted by molar-refractivity contribution is -0.142. The molecule has 112 valence electrons. The highest BCUT2D eigenvalue weighted by Gasteiger charge is 2.14. The molecule has 0 saturated carbocycles. The number of anilines is 1. The highest BCUT2D eigenvalue weighted by molar-refractivity contribution is 7.13. The molecule has 0 atom stereocenters. The normalized spacial score (nSPS) is 11.0. The summed E-state index contributed by atoms with van der Waals surface area (Å²) in [7, 11) is 0. The molecule has 6 nitrogen and oxygen atoms in total. The molecule has 1 aromatic rings. The van der Waals surface area contributed by atoms with Gasteiger partial charge in [0.1, 0.15) is 0 Å². The zero-order valence-electron chi connectivity index (χ0n) is 12.3. The van der Waals surface area contributed by atoms with Crippen LogP contribution in [0.25, 0.3) is 0 Å². The zero-order valence-corrected chi connectivity index (χ0v) is 13.1. The number of carbonyl (C=O) groups excluding carboxylic acids is 2. The number of nitrogens with zero attached hydrogens (tertiary/aromatic N) is 1. The van der Waals surface area contributed by atoms with Crippen molar-refractivity contribution in [1.82, 2.24) is 10.3 Å². The van der Waals surface area contributed by atoms with E-state index in [0.29, 0.717) is 17.4 Å². The Morgan fingerprint density at radius 1 is 1.40 bits per heavy atom. The quantitative estimate of drug-likeness (QED) is 0.779. The Labute approximate surface area is 122 Å². The number of rotatable bonds is 6. The van der Waals surface area contributed by atoms with Crippen molar-refractivity contribution in [3.05, 3.63) is 11.1 Å². The van der Waals surface area contributed by atoms with Crippen molar-refractivity contribution in [2.75, 3.05) is 18.5 Å². The maximum atomic E-state index is 11.6. The van der Waals surface area contributed by atoms with Crippen molar-refractivity contribution in [2.45, 2.75) is 39.7 Å². The molecule has 1 rings (SSSR count). The molecule has 0 aromatic carbocycles. The summed E-state index contributed by atoms with van der Waals surface area (Å²) < 4.78 is 4.85. The number of aromatic nitrogens is 1. The van der Waals surface area contributed by atoms with Crippen LogP contribution in [0.1, 0.15) is 33.4 Å². The van der Waals surface area contributed by atoms with Crippen molar-refractivity contribution in [3.8, 4) is 0 Å². The third kappa shape index (κ3) is 6.51. The van der Waals surface area contributed by atoms with Crippen molar-refractivity contribution in [2.24, 2.45) is 0 Å². The summed E-state index contributed by atoms with van der Waals surface area (Å²) in [4.78, 5) is 27.2. The van der Waals surface area contributed by atoms with Crippen molar-refractivity contribution < 1.29 is 14.3 Å². The van der Waals surface area contributed by atoms with Crippen LogP contribution >= 0.6 is 11.3 Å². The van der Waals surface area contributed by atoms with Gasteiger partial charge in [-0.2, -0.15) is 0 Å². The largest absolute Gasteiger partial charge is 0.466 e. The van der Waals surface area contributed by atoms with Gasteiger partial charge in [0.15, 0.2) is 5.13 Å². The van der Waals surface area contributed by atoms with Crippen LogP contribution in [0.3, 0.4) is 0 Å². The molecule has 20 heavy (non-hydrogen) atoms. The van der Waals surface area contributed by atoms with Crippen LogP contribution < -0.4 is 10.6 Å². The number of hydrogen-bond donors (Lipinski definition) is 2. The Morgan fingerprint density at radius 3 is 2.70 bits per heavy atom. The second-order valence-electron chi connectivity index (χ2n) is 5.28. The van der Waals surface area contributed by atoms with E-state index in [0.717, 1.165) is 0 Å². The van der Waals surface area contributed by atoms with E-state index in [4.69, 9.17) is 4.74 Å². The fourth-order valence-corrected chi connectivity index (χ4v) is 2.16. The summed E-state index contributed by atoms with van der Waals surface area (Å²) in [6.45, 7) is 8.05. The molecule has 0 aliphatic carbocycles. The molecule has 0 aliphatic heterocycles. The maximum Gasteiger partial charge on any atom is 0.311 e. The Hall–Kier alpha value is -1.63. The minimum atomic E-state index is -0.296. The molecular weight excluding hydrogens is 278 g/mol. The van der Waals surface area contributed by atoms with Gasteiger partial charge >= 0.3 is 5.97 Å². The van der Waals surface area contributed by atoms with Gasteiger partial charge in [-0.25, -0.2) is 4.98 Å². The first-order valence-electron chi connectivity index (χ1n) is 6.45. The van der Waals surface area contributed by atoms with E-state index in [1.165, 1.54) is 11.3 Å². The van der Waals surface area contributed by atoms with Gasteiger partial charge in [-0.3, -0.25) is 9.59 Å². The van der Waals surface area contributed by atoms with Gasteiger partial charge in [0.25, 0.3) is 0 Å². The van der Waals surface area contributed by atoms with E-state index in [2.05, 4.69) is 15.6 Å². The van der Waals surface area contributed by atoms with Crippen LogP contribution in [0.15, 0.2) is 5.38 Å². The van der Waals surface area contributed by atoms with Crippen LogP contribution in [-0.4, -0.2) is 35.6 Å². The Morgan fingerprint density at radius 2 is 2.10 bits per heavy atom. The van der Waals surface area contributed by atoms with E-state index < -0.39 is 0 Å². The van der Waals surface area contributed by atoms with Gasteiger partial charge in [0, 0.05) is 10.9 Å². The van der Waals surface area contributed by atoms with Crippen molar-refractivity contribution in [3.63, 3.8) is 0 Å². The molecule has 7 heteroatoms. The molecule has 0 saturated heterocycles. The van der Waals surface area contributed by atoms with E-state index in [-0.39, 0.29) is 30.4 Å². The van der Waals surface area contributed by atoms with Crippen LogP contribution in [0, 0.1) is 0 Å². The number of thiazole rings is 1. The molecule has 2 N–H and O–H groups in total. The van der Waals surface area contributed by atoms with Gasteiger partial charge in [-0.05, 0) is 27.7 Å². The minimum Gasteiger partial charge on any atom is -0.466 e. The topological polar surface area (TPSA) is 80.3 Å². The molecule has 0 bridgehead atoms. The third-order valence-electron chi connectivity index (χ3n) is 2.10. The monoisotopic (exact) mass is 299 g/mol. The third-order valence-corrected chi connectivity index (χ3v) is 2.95. The average molecular weight is 299 g/mol. The standard InChI is InChI=1S/C13H21N3O3S/c1-5-19-11(18)6-9-8-20-12(15-9)14-7-10(17)16-13(2,3)4/h8H,5-7H2,1-4H3,(H,14,15)(H,16,17). The van der Waals surface area contributed by atoms with Crippen molar-refractivity contribution >= 4 is 28.3 Å². The number of hydrogen-bond acceptors (Lipinski definition) is 6. The number of carbonyl (C=O) groups is 2. The predicted molar refractivity (Wildman–Crippen MR) is 78.8 cm³/mol. The zero-order chi connectivity index (χ0) is 15.2. The van der Waals surface area contributed by atoms with Crippen LogP contribution in [-0.2, 0) is 20.7 Å². The average Bonchev–Trinajstić information content (AvgIpc) is 2.72. The first kappa shape index (κ1) is 16.4. The minimum absolute atomic E-state index is 0.0976. The van der Waals surface area contributed by atoms with Crippen LogP contribution in [0.4, 0.5) is 5.13 Å². The number of nitrogens with one attached hydrogen (secondary N) is 2. The highest BCUT2D eigenvalue weighted by Crippen LogP contribution is 2.15. The Kier molecular flexibility index (Phi) is 5.94. The first-order valence-corrected chi connectivity index (χ1v) is 7.33. The summed E-state index contributed by atoms with van der Waals surface area (Å²) in [5, 5.41) is 8.18. The molecule has 1 heterocycles. The Bertz CT molecular complexity index is 466. The van der Waals surface area contributed by atoms with E-state index >= 15 is 0 Å². The lowest BCUT2D eigenvalue weighted by atomic mass is 10.1. The first-order chi connectivity index (χ1) is 9.30. The van der Waals surface area contributed by atoms with Crippen molar-refractivity contribution in [1.29, 1.82) is 0 Å². The summed E-state index contributed by atoms with van der Waals surface area (Å²) in [5.41, 5.74) is 0.392. The molecule has 1 aromatic heterocycles. The van der Waals surface area contributed by atoms with Crippen LogP contribution in [0.5, 0.6) is 0 Å². The summed E-state index contributed by atoms with van der Waals surface area (Å²) in [5.74, 6) is -0.394. The lowest BCUT2D eigenvalue weighted by Gasteiger charge is -2.20. The van der Waals surface area contributed by atoms with Crippen LogP contribution in [0.2, 0.25) is 0 Å². The van der Waals surface area contributed by atoms with E-state index in [1.54, 1.807) is 12.3 Å². The molecule has 0 radical (unpaired) electrons. The number of esters is 1. The van der Waals surface area contributed by atoms with Gasteiger partial charge in [0.2, 0.25) is 5.91 Å². The SMILES string of the molecule is CCOC(=O)Cc1csc(NCC(=O)NC(C)(C)C)n1. The summed E-state index contributed by atoms with van der Waals surface area (Å²) in [6, 6.07) is 0. The van der Waals surface area contributed by atoms with Gasteiger partial charge in [0.05, 0.1) is 25.3 Å². The molecule has 0 aliphatic rings. The number of ether oxygens (including phenoxy) is 1. The number of amides is 1. The van der Waals surface area contributed by atoms with E-state index in [1.807, 2.05) is 20.8 Å². The van der Waals surface area contributed by atoms with Gasteiger partial charge in [-0.1, -0.05) is 0 Å². The fraction of sp³-hybridized carbons (Fsp3) is 0.615. The lowest BCUT2D eigenvalue weighted by Crippen LogP contribution is -2.43. The summed E-state index contributed by atoms with van der Waals surface area (Å²) >= 11 is 1.36. The second kappa shape index (κ2) is 7.23. The second-order valence-corrected chi connectivity index (χ2v) is 6.14.